The highest BCUT2D eigenvalue weighted by Crippen LogP contribution is 2.52. The van der Waals surface area contributed by atoms with E-state index in [-0.39, 0.29) is 17.5 Å². The third-order valence-electron chi connectivity index (χ3n) is 4.79. The Labute approximate surface area is 136 Å². The number of carbonyl (C=O) groups excluding carboxylic acids is 2. The molecule has 3 aliphatic rings. The number of ether oxygens (including phenoxy) is 2. The van der Waals surface area contributed by atoms with Gasteiger partial charge in [-0.2, -0.15) is 0 Å². The van der Waals surface area contributed by atoms with Crippen LogP contribution in [0.15, 0.2) is 30.4 Å². The molecule has 1 aromatic carbocycles. The molecule has 0 N–H and O–H groups in total. The van der Waals surface area contributed by atoms with E-state index in [4.69, 9.17) is 21.1 Å². The maximum atomic E-state index is 13.7. The van der Waals surface area contributed by atoms with Crippen molar-refractivity contribution in [3.05, 3.63) is 41.2 Å². The van der Waals surface area contributed by atoms with Crippen molar-refractivity contribution in [1.29, 1.82) is 0 Å². The molecule has 1 aromatic rings. The van der Waals surface area contributed by atoms with E-state index in [1.807, 2.05) is 6.08 Å². The number of carbonyl (C=O) groups is 2. The van der Waals surface area contributed by atoms with Gasteiger partial charge in [0.25, 0.3) is 0 Å². The molecule has 0 radical (unpaired) electrons. The first kappa shape index (κ1) is 14.7. The quantitative estimate of drug-likeness (QED) is 0.611. The van der Waals surface area contributed by atoms with Gasteiger partial charge in [-0.15, -0.1) is 0 Å². The molecule has 0 saturated carbocycles. The van der Waals surface area contributed by atoms with E-state index in [1.54, 1.807) is 12.1 Å². The van der Waals surface area contributed by atoms with Gasteiger partial charge < -0.3 is 14.4 Å². The molecule has 2 bridgehead atoms. The summed E-state index contributed by atoms with van der Waals surface area (Å²) in [5.74, 6) is -2.65. The number of benzene rings is 1. The van der Waals surface area contributed by atoms with Gasteiger partial charge in [0.15, 0.2) is 0 Å². The van der Waals surface area contributed by atoms with Crippen molar-refractivity contribution in [2.24, 2.45) is 11.8 Å². The summed E-state index contributed by atoms with van der Waals surface area (Å²) < 4.78 is 24.4. The van der Waals surface area contributed by atoms with Crippen molar-refractivity contribution in [2.75, 3.05) is 18.6 Å². The lowest BCUT2D eigenvalue weighted by atomic mass is 9.77. The second-order valence-corrected chi connectivity index (χ2v) is 6.35. The molecule has 7 heteroatoms. The normalized spacial score (nSPS) is 34.1. The van der Waals surface area contributed by atoms with Crippen LogP contribution in [0.2, 0.25) is 5.02 Å². The van der Waals surface area contributed by atoms with E-state index in [9.17, 15) is 14.0 Å². The number of hydrogen-bond donors (Lipinski definition) is 0. The van der Waals surface area contributed by atoms with E-state index in [0.717, 1.165) is 0 Å². The zero-order chi connectivity index (χ0) is 16.4. The first-order valence-corrected chi connectivity index (χ1v) is 7.56. The fourth-order valence-electron chi connectivity index (χ4n) is 3.77. The topological polar surface area (TPSA) is 55.8 Å². The zero-order valence-electron chi connectivity index (χ0n) is 12.2. The smallest absolute Gasteiger partial charge is 0.312 e. The van der Waals surface area contributed by atoms with Crippen LogP contribution in [0.3, 0.4) is 0 Å². The summed E-state index contributed by atoms with van der Waals surface area (Å²) in [5.41, 5.74) is -0.457. The maximum absolute atomic E-state index is 13.7. The second kappa shape index (κ2) is 4.79. The van der Waals surface area contributed by atoms with Crippen molar-refractivity contribution in [3.63, 3.8) is 0 Å². The Bertz CT molecular complexity index is 752. The number of methoxy groups -OCH3 is 1. The summed E-state index contributed by atoms with van der Waals surface area (Å²) in [6, 6.07) is 4.18. The summed E-state index contributed by atoms with van der Waals surface area (Å²) in [6.07, 6.45) is 3.17. The number of halogens is 2. The molecule has 120 valence electrons. The molecule has 0 aliphatic carbocycles. The van der Waals surface area contributed by atoms with Crippen LogP contribution >= 0.6 is 11.6 Å². The van der Waals surface area contributed by atoms with Crippen LogP contribution in [0.1, 0.15) is 0 Å². The lowest BCUT2D eigenvalue weighted by Gasteiger charge is -2.22. The highest BCUT2D eigenvalue weighted by molar-refractivity contribution is 6.30. The molecule has 2 fully saturated rings. The average molecular weight is 338 g/mol. The molecule has 0 unspecified atom stereocenters. The van der Waals surface area contributed by atoms with Gasteiger partial charge in [0.1, 0.15) is 17.3 Å². The Morgan fingerprint density at radius 3 is 3.00 bits per heavy atom. The molecular formula is C16H13ClFNO4. The SMILES string of the molecule is COC(=O)[C@@H]1[C@H]2C(=O)N(c3ccc(Cl)c(F)c3)C[C@@]23C=C[C@H]1O3. The summed E-state index contributed by atoms with van der Waals surface area (Å²) in [5, 5.41) is -0.0109. The predicted molar refractivity (Wildman–Crippen MR) is 79.5 cm³/mol. The summed E-state index contributed by atoms with van der Waals surface area (Å²) in [4.78, 5) is 26.3. The van der Waals surface area contributed by atoms with Gasteiger partial charge in [-0.25, -0.2) is 4.39 Å². The van der Waals surface area contributed by atoms with Crippen LogP contribution in [0.5, 0.6) is 0 Å². The molecule has 1 spiro atoms. The molecular weight excluding hydrogens is 325 g/mol. The molecule has 4 atom stereocenters. The van der Waals surface area contributed by atoms with E-state index < -0.39 is 35.3 Å². The van der Waals surface area contributed by atoms with Crippen molar-refractivity contribution in [3.8, 4) is 0 Å². The van der Waals surface area contributed by atoms with Crippen LogP contribution in [0.25, 0.3) is 0 Å². The minimum absolute atomic E-state index is 0.0109. The number of nitrogens with zero attached hydrogens (tertiary/aromatic N) is 1. The van der Waals surface area contributed by atoms with E-state index in [2.05, 4.69) is 0 Å². The maximum Gasteiger partial charge on any atom is 0.312 e. The third kappa shape index (κ3) is 1.88. The number of esters is 1. The third-order valence-corrected chi connectivity index (χ3v) is 5.10. The monoisotopic (exact) mass is 337 g/mol. The average Bonchev–Trinajstić information content (AvgIpc) is 3.18. The first-order chi connectivity index (χ1) is 11.0. The van der Waals surface area contributed by atoms with Crippen molar-refractivity contribution < 1.29 is 23.5 Å². The highest BCUT2D eigenvalue weighted by Gasteiger charge is 2.67. The molecule has 5 nitrogen and oxygen atoms in total. The molecule has 4 rings (SSSR count). The van der Waals surface area contributed by atoms with Gasteiger partial charge in [-0.3, -0.25) is 9.59 Å². The molecule has 23 heavy (non-hydrogen) atoms. The van der Waals surface area contributed by atoms with Gasteiger partial charge in [0.05, 0.1) is 30.7 Å². The van der Waals surface area contributed by atoms with Crippen LogP contribution in [0, 0.1) is 17.7 Å². The Morgan fingerprint density at radius 2 is 2.30 bits per heavy atom. The van der Waals surface area contributed by atoms with Crippen molar-refractivity contribution in [2.45, 2.75) is 11.7 Å². The lowest BCUT2D eigenvalue weighted by Crippen LogP contribution is -2.39. The van der Waals surface area contributed by atoms with Gasteiger partial charge in [0, 0.05) is 5.69 Å². The van der Waals surface area contributed by atoms with Crippen LogP contribution in [-0.2, 0) is 19.1 Å². The van der Waals surface area contributed by atoms with E-state index in [0.29, 0.717) is 5.69 Å². The Balaban J connectivity index is 1.73. The Morgan fingerprint density at radius 1 is 1.52 bits per heavy atom. The van der Waals surface area contributed by atoms with Crippen molar-refractivity contribution in [1.82, 2.24) is 0 Å². The first-order valence-electron chi connectivity index (χ1n) is 7.18. The lowest BCUT2D eigenvalue weighted by molar-refractivity contribution is -0.149. The Kier molecular flexibility index (Phi) is 3.05. The number of amides is 1. The van der Waals surface area contributed by atoms with E-state index >= 15 is 0 Å². The highest BCUT2D eigenvalue weighted by atomic mass is 35.5. The van der Waals surface area contributed by atoms with Gasteiger partial charge in [0.2, 0.25) is 5.91 Å². The molecule has 0 aromatic heterocycles. The number of rotatable bonds is 2. The van der Waals surface area contributed by atoms with Crippen LogP contribution < -0.4 is 4.90 Å². The number of fused-ring (bicyclic) bond motifs is 1. The summed E-state index contributed by atoms with van der Waals surface area (Å²) >= 11 is 5.69. The second-order valence-electron chi connectivity index (χ2n) is 5.95. The molecule has 2 saturated heterocycles. The number of hydrogen-bond acceptors (Lipinski definition) is 4. The molecule has 3 heterocycles. The number of anilines is 1. The Hall–Kier alpha value is -1.92. The largest absolute Gasteiger partial charge is 0.469 e. The zero-order valence-corrected chi connectivity index (χ0v) is 12.9. The van der Waals surface area contributed by atoms with Crippen LogP contribution in [-0.4, -0.2) is 37.2 Å². The minimum Gasteiger partial charge on any atom is -0.469 e. The fourth-order valence-corrected chi connectivity index (χ4v) is 3.89. The van der Waals surface area contributed by atoms with Gasteiger partial charge in [-0.05, 0) is 18.2 Å². The van der Waals surface area contributed by atoms with Crippen LogP contribution in [0.4, 0.5) is 10.1 Å². The van der Waals surface area contributed by atoms with Gasteiger partial charge in [-0.1, -0.05) is 23.8 Å². The molecule has 3 aliphatic heterocycles. The standard InChI is InChI=1S/C16H13ClFNO4/c1-22-15(21)12-11-4-5-16(23-11)7-19(14(20)13(12)16)8-2-3-9(17)10(18)6-8/h2-6,11-13H,7H2,1H3/t11-,12+,13+,16+/m1/s1. The molecule has 1 amide bonds. The van der Waals surface area contributed by atoms with Gasteiger partial charge >= 0.3 is 5.97 Å². The fraction of sp³-hybridized carbons (Fsp3) is 0.375. The minimum atomic E-state index is -0.850. The summed E-state index contributed by atoms with van der Waals surface area (Å²) in [6.45, 7) is 0.234. The summed E-state index contributed by atoms with van der Waals surface area (Å²) in [7, 11) is 1.29. The van der Waals surface area contributed by atoms with E-state index in [1.165, 1.54) is 24.1 Å². The predicted octanol–water partition coefficient (Wildman–Crippen LogP) is 1.94. The van der Waals surface area contributed by atoms with Crippen molar-refractivity contribution >= 4 is 29.2 Å².